The molecule has 0 aliphatic carbocycles. The Hall–Kier alpha value is -1.92. The van der Waals surface area contributed by atoms with Gasteiger partial charge < -0.3 is 5.32 Å². The highest BCUT2D eigenvalue weighted by Gasteiger charge is 2.29. The Morgan fingerprint density at radius 1 is 1.67 bits per heavy atom. The van der Waals surface area contributed by atoms with Gasteiger partial charge in [0.1, 0.15) is 5.69 Å². The van der Waals surface area contributed by atoms with Crippen molar-refractivity contribution in [1.29, 1.82) is 0 Å². The van der Waals surface area contributed by atoms with Crippen molar-refractivity contribution in [3.8, 4) is 0 Å². The summed E-state index contributed by atoms with van der Waals surface area (Å²) in [6.07, 6.45) is 0.418. The lowest BCUT2D eigenvalue weighted by atomic mass is 10.2. The van der Waals surface area contributed by atoms with E-state index in [4.69, 9.17) is 0 Å². The molecule has 1 N–H and O–H groups in total. The molecular weight excluding hydrogens is 200 g/mol. The van der Waals surface area contributed by atoms with Crippen LogP contribution in [-0.4, -0.2) is 27.7 Å². The highest BCUT2D eigenvalue weighted by molar-refractivity contribution is 5.96. The summed E-state index contributed by atoms with van der Waals surface area (Å²) < 4.78 is 1.23. The van der Waals surface area contributed by atoms with Crippen molar-refractivity contribution in [2.45, 2.75) is 13.3 Å². The maximum atomic E-state index is 11.4. The van der Waals surface area contributed by atoms with Gasteiger partial charge in [-0.15, -0.1) is 0 Å². The van der Waals surface area contributed by atoms with Crippen molar-refractivity contribution in [2.24, 2.45) is 7.05 Å². The predicted molar refractivity (Wildman–Crippen MR) is 52.6 cm³/mol. The van der Waals surface area contributed by atoms with Crippen LogP contribution in [0, 0.1) is 10.1 Å². The van der Waals surface area contributed by atoms with E-state index in [1.165, 1.54) is 18.8 Å². The lowest BCUT2D eigenvalue weighted by molar-refractivity contribution is -0.385. The van der Waals surface area contributed by atoms with Crippen LogP contribution in [-0.2, 0) is 13.5 Å². The van der Waals surface area contributed by atoms with E-state index < -0.39 is 10.8 Å². The molecule has 0 spiro atoms. The highest BCUT2D eigenvalue weighted by Crippen LogP contribution is 2.23. The first-order chi connectivity index (χ1) is 7.02. The fraction of sp³-hybridized carbons (Fsp3) is 0.500. The zero-order chi connectivity index (χ0) is 11.6. The summed E-state index contributed by atoms with van der Waals surface area (Å²) in [6, 6.07) is 0. The molecule has 1 rings (SSSR count). The molecule has 0 radical (unpaired) electrons. The normalized spacial score (nSPS) is 10.1. The Balaban J connectivity index is 3.41. The molecule has 1 amide bonds. The first kappa shape index (κ1) is 11.2. The van der Waals surface area contributed by atoms with Gasteiger partial charge in [-0.3, -0.25) is 19.6 Å². The Bertz CT molecular complexity index is 410. The van der Waals surface area contributed by atoms with Crippen LogP contribution in [0.15, 0.2) is 0 Å². The number of hydrogen-bond acceptors (Lipinski definition) is 4. The van der Waals surface area contributed by atoms with Crippen LogP contribution < -0.4 is 5.32 Å². The quantitative estimate of drug-likeness (QED) is 0.574. The van der Waals surface area contributed by atoms with Crippen molar-refractivity contribution in [3.63, 3.8) is 0 Å². The van der Waals surface area contributed by atoms with Crippen LogP contribution in [0.5, 0.6) is 0 Å². The fourth-order valence-electron chi connectivity index (χ4n) is 1.37. The van der Waals surface area contributed by atoms with Crippen molar-refractivity contribution >= 4 is 11.6 Å². The number of carbonyl (C=O) groups excluding carboxylic acids is 1. The van der Waals surface area contributed by atoms with E-state index in [1.807, 2.05) is 0 Å². The van der Waals surface area contributed by atoms with Crippen LogP contribution in [0.25, 0.3) is 0 Å². The second-order valence-corrected chi connectivity index (χ2v) is 2.96. The third kappa shape index (κ3) is 1.80. The summed E-state index contributed by atoms with van der Waals surface area (Å²) in [5.74, 6) is -0.503. The number of amides is 1. The summed E-state index contributed by atoms with van der Waals surface area (Å²) in [5.41, 5.74) is 0.0970. The molecule has 0 aromatic carbocycles. The van der Waals surface area contributed by atoms with Crippen LogP contribution in [0.1, 0.15) is 23.1 Å². The van der Waals surface area contributed by atoms with Crippen LogP contribution in [0.2, 0.25) is 0 Å². The second kappa shape index (κ2) is 4.07. The minimum atomic E-state index is -0.573. The van der Waals surface area contributed by atoms with Crippen LogP contribution in [0.4, 0.5) is 5.69 Å². The van der Waals surface area contributed by atoms with Gasteiger partial charge in [0.05, 0.1) is 4.92 Å². The van der Waals surface area contributed by atoms with E-state index in [2.05, 4.69) is 10.4 Å². The number of rotatable bonds is 3. The van der Waals surface area contributed by atoms with Crippen molar-refractivity contribution < 1.29 is 9.72 Å². The minimum Gasteiger partial charge on any atom is -0.354 e. The van der Waals surface area contributed by atoms with E-state index in [9.17, 15) is 14.9 Å². The second-order valence-electron chi connectivity index (χ2n) is 2.96. The average molecular weight is 212 g/mol. The molecule has 0 unspecified atom stereocenters. The molecule has 0 bridgehead atoms. The van der Waals surface area contributed by atoms with Gasteiger partial charge in [0, 0.05) is 14.1 Å². The van der Waals surface area contributed by atoms with E-state index in [-0.39, 0.29) is 11.4 Å². The lowest BCUT2D eigenvalue weighted by Crippen LogP contribution is -2.22. The van der Waals surface area contributed by atoms with Crippen molar-refractivity contribution in [1.82, 2.24) is 15.1 Å². The first-order valence-corrected chi connectivity index (χ1v) is 4.45. The summed E-state index contributed by atoms with van der Waals surface area (Å²) in [5, 5.41) is 17.1. The molecule has 0 saturated carbocycles. The monoisotopic (exact) mass is 212 g/mol. The van der Waals surface area contributed by atoms with Crippen molar-refractivity contribution in [2.75, 3.05) is 7.05 Å². The van der Waals surface area contributed by atoms with Gasteiger partial charge in [-0.1, -0.05) is 6.92 Å². The summed E-state index contributed by atoms with van der Waals surface area (Å²) >= 11 is 0. The van der Waals surface area contributed by atoms with E-state index in [0.29, 0.717) is 12.1 Å². The summed E-state index contributed by atoms with van der Waals surface area (Å²) in [4.78, 5) is 21.6. The SMILES string of the molecule is CCc1nn(C)c(C(=O)NC)c1[N+](=O)[O-]. The predicted octanol–water partition coefficient (Wildman–Crippen LogP) is 0.250. The third-order valence-electron chi connectivity index (χ3n) is 2.05. The van der Waals surface area contributed by atoms with E-state index in [1.54, 1.807) is 6.92 Å². The van der Waals surface area contributed by atoms with Gasteiger partial charge in [-0.05, 0) is 6.42 Å². The highest BCUT2D eigenvalue weighted by atomic mass is 16.6. The Kier molecular flexibility index (Phi) is 3.03. The third-order valence-corrected chi connectivity index (χ3v) is 2.05. The summed E-state index contributed by atoms with van der Waals surface area (Å²) in [6.45, 7) is 1.75. The zero-order valence-corrected chi connectivity index (χ0v) is 8.77. The zero-order valence-electron chi connectivity index (χ0n) is 8.77. The molecule has 0 saturated heterocycles. The fourth-order valence-corrected chi connectivity index (χ4v) is 1.37. The van der Waals surface area contributed by atoms with Gasteiger partial charge in [0.25, 0.3) is 5.91 Å². The van der Waals surface area contributed by atoms with Gasteiger partial charge in [-0.25, -0.2) is 0 Å². The number of aromatic nitrogens is 2. The van der Waals surface area contributed by atoms with Crippen LogP contribution >= 0.6 is 0 Å². The Morgan fingerprint density at radius 2 is 2.27 bits per heavy atom. The molecule has 82 valence electrons. The molecule has 0 aliphatic heterocycles. The molecule has 1 aromatic rings. The molecule has 7 heteroatoms. The number of nitro groups is 1. The molecule has 0 aliphatic rings. The molecular formula is C8H12N4O3. The molecule has 1 heterocycles. The number of hydrogen-bond donors (Lipinski definition) is 1. The molecule has 15 heavy (non-hydrogen) atoms. The molecule has 1 aromatic heterocycles. The number of aryl methyl sites for hydroxylation is 2. The maximum absolute atomic E-state index is 11.4. The van der Waals surface area contributed by atoms with Gasteiger partial charge in [0.15, 0.2) is 0 Å². The maximum Gasteiger partial charge on any atom is 0.323 e. The first-order valence-electron chi connectivity index (χ1n) is 4.45. The number of carbonyl (C=O) groups is 1. The molecule has 0 fully saturated rings. The number of nitrogens with zero attached hydrogens (tertiary/aromatic N) is 3. The lowest BCUT2D eigenvalue weighted by Gasteiger charge is -1.98. The van der Waals surface area contributed by atoms with Gasteiger partial charge >= 0.3 is 5.69 Å². The van der Waals surface area contributed by atoms with E-state index >= 15 is 0 Å². The van der Waals surface area contributed by atoms with E-state index in [0.717, 1.165) is 0 Å². The number of nitrogens with one attached hydrogen (secondary N) is 1. The van der Waals surface area contributed by atoms with Crippen LogP contribution in [0.3, 0.4) is 0 Å². The standard InChI is InChI=1S/C8H12N4O3/c1-4-5-6(12(14)15)7(8(13)9-2)11(3)10-5/h4H2,1-3H3,(H,9,13). The smallest absolute Gasteiger partial charge is 0.323 e. The Morgan fingerprint density at radius 3 is 2.67 bits per heavy atom. The topological polar surface area (TPSA) is 90.1 Å². The Labute approximate surface area is 86.2 Å². The van der Waals surface area contributed by atoms with Gasteiger partial charge in [-0.2, -0.15) is 5.10 Å². The minimum absolute atomic E-state index is 0.0145. The van der Waals surface area contributed by atoms with Crippen molar-refractivity contribution in [3.05, 3.63) is 21.5 Å². The molecule has 0 atom stereocenters. The average Bonchev–Trinajstić information content (AvgIpc) is 2.54. The molecule has 7 nitrogen and oxygen atoms in total. The van der Waals surface area contributed by atoms with Gasteiger partial charge in [0.2, 0.25) is 5.69 Å². The largest absolute Gasteiger partial charge is 0.354 e. The summed E-state index contributed by atoms with van der Waals surface area (Å²) in [7, 11) is 2.93.